The van der Waals surface area contributed by atoms with Crippen molar-refractivity contribution >= 4 is 53.3 Å². The largest absolute Gasteiger partial charge is 0.394 e. The molecule has 0 saturated carbocycles. The summed E-state index contributed by atoms with van der Waals surface area (Å²) in [7, 11) is -1.05. The van der Waals surface area contributed by atoms with Crippen LogP contribution in [-0.2, 0) is 19.4 Å². The Morgan fingerprint density at radius 2 is 1.55 bits per heavy atom. The van der Waals surface area contributed by atoms with Crippen LogP contribution >= 0.6 is 33.9 Å². The van der Waals surface area contributed by atoms with Gasteiger partial charge >= 0.3 is 10.4 Å². The van der Waals surface area contributed by atoms with Crippen molar-refractivity contribution in [2.45, 2.75) is 29.7 Å². The topological polar surface area (TPSA) is 121 Å². The van der Waals surface area contributed by atoms with Gasteiger partial charge in [0.25, 0.3) is 9.05 Å². The maximum atomic E-state index is 11.7. The molecule has 160 valence electrons. The average molecular weight is 503 g/mol. The Kier molecular flexibility index (Phi) is 7.97. The standard InChI is InChI=1S/C17H16Cl3NO2S.H2O4S/c1-21-17-7-5-12(10-2-6-15(18)16(19)8-10)13-4-3-11(9-14(13)17)24(20,22)23;1-5(2,3)4/h2-4,6,8-9,12,17,21H,5,7H2,1H3;(H2,1,2,3,4)/t12?,17-;/m0./s1. The summed E-state index contributed by atoms with van der Waals surface area (Å²) in [6.45, 7) is 0. The van der Waals surface area contributed by atoms with E-state index >= 15 is 0 Å². The molecule has 12 heteroatoms. The Morgan fingerprint density at radius 3 is 2.07 bits per heavy atom. The number of nitrogens with one attached hydrogen (secondary N) is 1. The molecule has 3 rings (SSSR count). The second-order valence-electron chi connectivity index (χ2n) is 6.32. The summed E-state index contributed by atoms with van der Waals surface area (Å²) >= 11 is 12.2. The van der Waals surface area contributed by atoms with Crippen LogP contribution < -0.4 is 5.32 Å². The fourth-order valence-corrected chi connectivity index (χ4v) is 4.44. The van der Waals surface area contributed by atoms with Crippen molar-refractivity contribution in [3.63, 3.8) is 0 Å². The van der Waals surface area contributed by atoms with Crippen LogP contribution in [0.4, 0.5) is 0 Å². The number of fused-ring (bicyclic) bond motifs is 1. The van der Waals surface area contributed by atoms with Crippen molar-refractivity contribution in [3.8, 4) is 0 Å². The fourth-order valence-electron chi connectivity index (χ4n) is 3.34. The highest BCUT2D eigenvalue weighted by Gasteiger charge is 2.29. The third-order valence-corrected chi connectivity index (χ3v) is 6.62. The lowest BCUT2D eigenvalue weighted by Crippen LogP contribution is -2.24. The molecule has 1 unspecified atom stereocenters. The van der Waals surface area contributed by atoms with Gasteiger partial charge in [-0.05, 0) is 60.8 Å². The minimum absolute atomic E-state index is 0.0948. The molecule has 0 fully saturated rings. The van der Waals surface area contributed by atoms with Crippen LogP contribution in [0.1, 0.15) is 41.5 Å². The molecule has 0 saturated heterocycles. The third kappa shape index (κ3) is 6.80. The summed E-state index contributed by atoms with van der Waals surface area (Å²) in [6.07, 6.45) is 1.82. The van der Waals surface area contributed by atoms with Gasteiger partial charge in [0.15, 0.2) is 0 Å². The van der Waals surface area contributed by atoms with E-state index in [9.17, 15) is 8.42 Å². The molecule has 0 aromatic heterocycles. The van der Waals surface area contributed by atoms with Crippen LogP contribution in [0.5, 0.6) is 0 Å². The van der Waals surface area contributed by atoms with E-state index in [0.717, 1.165) is 29.5 Å². The Labute approximate surface area is 184 Å². The molecule has 29 heavy (non-hydrogen) atoms. The minimum atomic E-state index is -4.67. The lowest BCUT2D eigenvalue weighted by Gasteiger charge is -2.32. The third-order valence-electron chi connectivity index (χ3n) is 4.53. The van der Waals surface area contributed by atoms with E-state index in [4.69, 9.17) is 51.4 Å². The molecule has 1 aliphatic rings. The van der Waals surface area contributed by atoms with Gasteiger partial charge in [-0.25, -0.2) is 8.42 Å². The van der Waals surface area contributed by atoms with Gasteiger partial charge in [0.1, 0.15) is 0 Å². The summed E-state index contributed by atoms with van der Waals surface area (Å²) < 4.78 is 54.9. The summed E-state index contributed by atoms with van der Waals surface area (Å²) in [5.41, 5.74) is 3.12. The van der Waals surface area contributed by atoms with E-state index in [1.165, 1.54) is 0 Å². The van der Waals surface area contributed by atoms with E-state index in [1.54, 1.807) is 18.2 Å². The van der Waals surface area contributed by atoms with Crippen LogP contribution in [0, 0.1) is 0 Å². The van der Waals surface area contributed by atoms with Crippen molar-refractivity contribution < 1.29 is 25.9 Å². The van der Waals surface area contributed by atoms with E-state index in [1.807, 2.05) is 25.2 Å². The quantitative estimate of drug-likeness (QED) is 0.419. The van der Waals surface area contributed by atoms with Gasteiger partial charge in [0, 0.05) is 22.6 Å². The molecule has 0 heterocycles. The molecule has 0 radical (unpaired) electrons. The Hall–Kier alpha value is -0.910. The highest BCUT2D eigenvalue weighted by Crippen LogP contribution is 2.43. The molecular weight excluding hydrogens is 485 g/mol. The van der Waals surface area contributed by atoms with E-state index in [2.05, 4.69) is 5.32 Å². The Balaban J connectivity index is 0.000000537. The van der Waals surface area contributed by atoms with Gasteiger partial charge in [0.05, 0.1) is 14.9 Å². The molecule has 7 nitrogen and oxygen atoms in total. The van der Waals surface area contributed by atoms with Gasteiger partial charge in [0.2, 0.25) is 0 Å². The first-order valence-corrected chi connectivity index (χ1v) is 12.7. The molecule has 0 spiro atoms. The molecule has 0 aliphatic heterocycles. The smallest absolute Gasteiger partial charge is 0.313 e. The first kappa shape index (κ1) is 24.4. The second kappa shape index (κ2) is 9.49. The first-order valence-electron chi connectivity index (χ1n) is 8.22. The maximum Gasteiger partial charge on any atom is 0.394 e. The van der Waals surface area contributed by atoms with Crippen molar-refractivity contribution in [2.24, 2.45) is 0 Å². The zero-order valence-corrected chi connectivity index (χ0v) is 18.9. The van der Waals surface area contributed by atoms with Crippen molar-refractivity contribution in [1.82, 2.24) is 5.32 Å². The number of rotatable bonds is 3. The fraction of sp³-hybridized carbons (Fsp3) is 0.294. The van der Waals surface area contributed by atoms with E-state index < -0.39 is 19.4 Å². The van der Waals surface area contributed by atoms with Gasteiger partial charge in [-0.1, -0.05) is 35.3 Å². The van der Waals surface area contributed by atoms with E-state index in [0.29, 0.717) is 10.0 Å². The Morgan fingerprint density at radius 1 is 0.931 bits per heavy atom. The SMILES string of the molecule is CN[C@H]1CCC(c2ccc(Cl)c(Cl)c2)c2ccc(S(=O)(=O)Cl)cc21.O=S(=O)(O)O. The van der Waals surface area contributed by atoms with Crippen LogP contribution in [0.3, 0.4) is 0 Å². The zero-order valence-electron chi connectivity index (χ0n) is 15.0. The number of benzene rings is 2. The lowest BCUT2D eigenvalue weighted by atomic mass is 9.77. The summed E-state index contributed by atoms with van der Waals surface area (Å²) in [4.78, 5) is 0.123. The van der Waals surface area contributed by atoms with Crippen LogP contribution in [-0.4, -0.2) is 33.0 Å². The maximum absolute atomic E-state index is 11.7. The zero-order chi connectivity index (χ0) is 22.0. The van der Waals surface area contributed by atoms with E-state index in [-0.39, 0.29) is 16.9 Å². The van der Waals surface area contributed by atoms with Crippen LogP contribution in [0.15, 0.2) is 41.3 Å². The average Bonchev–Trinajstić information content (AvgIpc) is 2.60. The molecule has 0 amide bonds. The monoisotopic (exact) mass is 501 g/mol. The van der Waals surface area contributed by atoms with Crippen molar-refractivity contribution in [2.75, 3.05) is 7.05 Å². The number of hydrogen-bond donors (Lipinski definition) is 3. The molecule has 2 aromatic rings. The van der Waals surface area contributed by atoms with Crippen LogP contribution in [0.2, 0.25) is 10.0 Å². The van der Waals surface area contributed by atoms with Gasteiger partial charge in [-0.3, -0.25) is 9.11 Å². The summed E-state index contributed by atoms with van der Waals surface area (Å²) in [5.74, 6) is 0.145. The van der Waals surface area contributed by atoms with Crippen molar-refractivity contribution in [1.29, 1.82) is 0 Å². The summed E-state index contributed by atoms with van der Waals surface area (Å²) in [6, 6.07) is 10.8. The molecule has 3 N–H and O–H groups in total. The lowest BCUT2D eigenvalue weighted by molar-refractivity contribution is 0.381. The normalized spacial score (nSPS) is 19.1. The first-order chi connectivity index (χ1) is 13.3. The predicted octanol–water partition coefficient (Wildman–Crippen LogP) is 4.45. The van der Waals surface area contributed by atoms with Crippen molar-refractivity contribution in [3.05, 3.63) is 63.1 Å². The highest BCUT2D eigenvalue weighted by molar-refractivity contribution is 8.13. The number of halogens is 3. The number of hydrogen-bond acceptors (Lipinski definition) is 5. The highest BCUT2D eigenvalue weighted by atomic mass is 35.7. The van der Waals surface area contributed by atoms with Crippen LogP contribution in [0.25, 0.3) is 0 Å². The van der Waals surface area contributed by atoms with Gasteiger partial charge in [-0.15, -0.1) is 0 Å². The van der Waals surface area contributed by atoms with Gasteiger partial charge < -0.3 is 5.32 Å². The molecule has 0 bridgehead atoms. The molecule has 1 aliphatic carbocycles. The van der Waals surface area contributed by atoms with Gasteiger partial charge in [-0.2, -0.15) is 8.42 Å². The molecule has 2 aromatic carbocycles. The Bertz CT molecular complexity index is 1100. The summed E-state index contributed by atoms with van der Waals surface area (Å²) in [5, 5.41) is 4.29. The second-order valence-corrected chi connectivity index (χ2v) is 10.6. The minimum Gasteiger partial charge on any atom is -0.313 e. The molecular formula is C17H18Cl3NO6S2. The predicted molar refractivity (Wildman–Crippen MR) is 113 cm³/mol. The molecule has 2 atom stereocenters.